The van der Waals surface area contributed by atoms with Crippen molar-refractivity contribution in [1.82, 2.24) is 19.1 Å². The molecular formula is C30H20AuN4-2. The van der Waals surface area contributed by atoms with Gasteiger partial charge in [-0.1, -0.05) is 71.2 Å². The summed E-state index contributed by atoms with van der Waals surface area (Å²) in [7, 11) is 0. The first-order chi connectivity index (χ1) is 16.8. The largest absolute Gasteiger partial charge is 0.431 e. The molecular weight excluding hydrogens is 613 g/mol. The average Bonchev–Trinajstić information content (AvgIpc) is 3.60. The van der Waals surface area contributed by atoms with Gasteiger partial charge in [-0.05, 0) is 35.2 Å². The van der Waals surface area contributed by atoms with Crippen LogP contribution in [0.4, 0.5) is 0 Å². The second-order valence-corrected chi connectivity index (χ2v) is 8.30. The normalized spacial score (nSPS) is 11.2. The van der Waals surface area contributed by atoms with Gasteiger partial charge in [0.05, 0.1) is 24.0 Å². The third-order valence-electron chi connectivity index (χ3n) is 6.22. The van der Waals surface area contributed by atoms with E-state index in [2.05, 4.69) is 75.3 Å². The molecule has 4 nitrogen and oxygen atoms in total. The van der Waals surface area contributed by atoms with Gasteiger partial charge in [0.1, 0.15) is 0 Å². The molecule has 0 saturated carbocycles. The Morgan fingerprint density at radius 1 is 0.800 bits per heavy atom. The summed E-state index contributed by atoms with van der Waals surface area (Å²) in [6.45, 7) is 0.668. The maximum atomic E-state index is 7.12. The van der Waals surface area contributed by atoms with Crippen molar-refractivity contribution in [2.45, 2.75) is 13.1 Å². The smallest absolute Gasteiger partial charge is 0.0972 e. The molecule has 7 rings (SSSR count). The molecule has 1 aliphatic carbocycles. The Balaban J connectivity index is 0.000000145. The SMILES string of the molecule is [Au].[C-]#Cc1ccc2c(c1)Cc1ccccc1-2.[c-]1nc2ccccc2n1Cn1cnc2ccccc21. The van der Waals surface area contributed by atoms with Crippen molar-refractivity contribution < 1.29 is 22.4 Å². The molecule has 173 valence electrons. The maximum Gasteiger partial charge on any atom is 0.0972 e. The second kappa shape index (κ2) is 9.77. The van der Waals surface area contributed by atoms with Gasteiger partial charge in [0.15, 0.2) is 0 Å². The molecule has 0 bridgehead atoms. The predicted octanol–water partition coefficient (Wildman–Crippen LogP) is 5.89. The molecule has 2 aromatic heterocycles. The van der Waals surface area contributed by atoms with Crippen LogP contribution in [-0.4, -0.2) is 19.1 Å². The number of aromatic nitrogens is 4. The molecule has 0 atom stereocenters. The molecule has 0 fully saturated rings. The fraction of sp³-hybridized carbons (Fsp3) is 0.0667. The Morgan fingerprint density at radius 3 is 2.37 bits per heavy atom. The van der Waals surface area contributed by atoms with Crippen molar-refractivity contribution >= 4 is 22.1 Å². The maximum absolute atomic E-state index is 7.12. The summed E-state index contributed by atoms with van der Waals surface area (Å²) in [5, 5.41) is 0. The summed E-state index contributed by atoms with van der Waals surface area (Å²) in [5.41, 5.74) is 10.4. The van der Waals surface area contributed by atoms with E-state index < -0.39 is 0 Å². The van der Waals surface area contributed by atoms with E-state index in [-0.39, 0.29) is 22.4 Å². The topological polar surface area (TPSA) is 35.6 Å². The van der Waals surface area contributed by atoms with Gasteiger partial charge in [-0.3, -0.25) is 5.92 Å². The van der Waals surface area contributed by atoms with Crippen molar-refractivity contribution in [2.24, 2.45) is 0 Å². The monoisotopic (exact) mass is 633 g/mol. The van der Waals surface area contributed by atoms with Crippen LogP contribution in [0.2, 0.25) is 0 Å². The molecule has 0 aliphatic heterocycles. The Labute approximate surface area is 219 Å². The number of para-hydroxylation sites is 4. The number of nitrogens with zero attached hydrogens (tertiary/aromatic N) is 4. The number of hydrogen-bond donors (Lipinski definition) is 0. The Morgan fingerprint density at radius 2 is 1.51 bits per heavy atom. The molecule has 0 saturated heterocycles. The van der Waals surface area contributed by atoms with Crippen LogP contribution in [0, 0.1) is 18.7 Å². The molecule has 0 unspecified atom stereocenters. The Kier molecular flexibility index (Phi) is 6.39. The van der Waals surface area contributed by atoms with Gasteiger partial charge < -0.3 is 20.5 Å². The van der Waals surface area contributed by atoms with Gasteiger partial charge in [0.2, 0.25) is 0 Å². The molecule has 1 radical (unpaired) electrons. The summed E-state index contributed by atoms with van der Waals surface area (Å²) >= 11 is 0. The van der Waals surface area contributed by atoms with Gasteiger partial charge in [0, 0.05) is 28.7 Å². The molecule has 0 spiro atoms. The standard InChI is InChI=1S/C15H11N4.C15H9.Au/c1-3-7-14-12(5-1)16-9-18(14)11-19-10-17-13-6-2-4-8-15(13)19;1-2-11-7-8-15-13(9-11)10-12-5-3-4-6-14(12)15;/h1-9H,11H2;3-9H,10H2;/q2*-1;. The summed E-state index contributed by atoms with van der Waals surface area (Å²) in [6, 6.07) is 30.7. The molecule has 0 N–H and O–H groups in total. The quantitative estimate of drug-likeness (QED) is 0.135. The number of hydrogen-bond acceptors (Lipinski definition) is 2. The Hall–Kier alpha value is -3.88. The molecule has 4 aromatic carbocycles. The first-order valence-corrected chi connectivity index (χ1v) is 11.2. The third kappa shape index (κ3) is 4.34. The van der Waals surface area contributed by atoms with E-state index in [4.69, 9.17) is 6.42 Å². The van der Waals surface area contributed by atoms with Crippen LogP contribution in [0.3, 0.4) is 0 Å². The van der Waals surface area contributed by atoms with E-state index in [1.54, 1.807) is 0 Å². The fourth-order valence-corrected chi connectivity index (χ4v) is 4.56. The van der Waals surface area contributed by atoms with Gasteiger partial charge in [-0.15, -0.1) is 29.8 Å². The molecule has 35 heavy (non-hydrogen) atoms. The van der Waals surface area contributed by atoms with E-state index >= 15 is 0 Å². The van der Waals surface area contributed by atoms with Crippen molar-refractivity contribution in [2.75, 3.05) is 0 Å². The number of rotatable bonds is 2. The van der Waals surface area contributed by atoms with Gasteiger partial charge in [0.25, 0.3) is 0 Å². The van der Waals surface area contributed by atoms with E-state index in [1.807, 2.05) is 53.4 Å². The molecule has 6 aromatic rings. The first kappa shape index (κ1) is 22.9. The van der Waals surface area contributed by atoms with E-state index in [0.29, 0.717) is 6.67 Å². The van der Waals surface area contributed by atoms with Crippen LogP contribution in [0.5, 0.6) is 0 Å². The zero-order chi connectivity index (χ0) is 22.9. The molecule has 1 aliphatic rings. The van der Waals surface area contributed by atoms with Crippen LogP contribution >= 0.6 is 0 Å². The van der Waals surface area contributed by atoms with Gasteiger partial charge in [-0.2, -0.15) is 0 Å². The van der Waals surface area contributed by atoms with Crippen LogP contribution in [0.25, 0.3) is 33.2 Å². The summed E-state index contributed by atoms with van der Waals surface area (Å²) in [6.07, 6.45) is 13.0. The average molecular weight is 633 g/mol. The Bertz CT molecular complexity index is 1610. The van der Waals surface area contributed by atoms with Crippen molar-refractivity contribution in [3.05, 3.63) is 127 Å². The molecule has 0 amide bonds. The number of fused-ring (bicyclic) bond motifs is 5. The minimum Gasteiger partial charge on any atom is -0.431 e. The van der Waals surface area contributed by atoms with E-state index in [1.165, 1.54) is 22.3 Å². The number of imidazole rings is 2. The zero-order valence-corrected chi connectivity index (χ0v) is 20.9. The minimum absolute atomic E-state index is 0. The van der Waals surface area contributed by atoms with Crippen LogP contribution in [-0.2, 0) is 35.5 Å². The van der Waals surface area contributed by atoms with Crippen LogP contribution in [0.1, 0.15) is 16.7 Å². The van der Waals surface area contributed by atoms with Crippen molar-refractivity contribution in [3.63, 3.8) is 0 Å². The summed E-state index contributed by atoms with van der Waals surface area (Å²) < 4.78 is 4.10. The summed E-state index contributed by atoms with van der Waals surface area (Å²) in [4.78, 5) is 8.68. The van der Waals surface area contributed by atoms with Gasteiger partial charge >= 0.3 is 0 Å². The second-order valence-electron chi connectivity index (χ2n) is 8.30. The van der Waals surface area contributed by atoms with Crippen LogP contribution in [0.15, 0.2) is 97.3 Å². The third-order valence-corrected chi connectivity index (χ3v) is 6.22. The van der Waals surface area contributed by atoms with Gasteiger partial charge in [-0.25, -0.2) is 4.98 Å². The first-order valence-electron chi connectivity index (χ1n) is 11.2. The fourth-order valence-electron chi connectivity index (χ4n) is 4.56. The zero-order valence-electron chi connectivity index (χ0n) is 18.7. The molecule has 5 heteroatoms. The minimum atomic E-state index is 0. The van der Waals surface area contributed by atoms with Crippen LogP contribution < -0.4 is 0 Å². The predicted molar refractivity (Wildman–Crippen MR) is 135 cm³/mol. The number of benzene rings is 4. The summed E-state index contributed by atoms with van der Waals surface area (Å²) in [5.74, 6) is 2.43. The van der Waals surface area contributed by atoms with E-state index in [0.717, 1.165) is 34.1 Å². The molecule has 2 heterocycles. The van der Waals surface area contributed by atoms with Crippen molar-refractivity contribution in [1.29, 1.82) is 0 Å². The van der Waals surface area contributed by atoms with Crippen molar-refractivity contribution in [3.8, 4) is 17.0 Å². The van der Waals surface area contributed by atoms with E-state index in [9.17, 15) is 0 Å².